The lowest BCUT2D eigenvalue weighted by Crippen LogP contribution is -2.24. The molecule has 0 aliphatic rings. The van der Waals surface area contributed by atoms with Crippen molar-refractivity contribution in [1.82, 2.24) is 4.98 Å². The van der Waals surface area contributed by atoms with Crippen molar-refractivity contribution in [3.05, 3.63) is 42.1 Å². The Balaban J connectivity index is 2.47. The lowest BCUT2D eigenvalue weighted by Gasteiger charge is -2.14. The molecule has 3 heteroatoms. The van der Waals surface area contributed by atoms with Crippen LogP contribution in [0.15, 0.2) is 36.4 Å². The Morgan fingerprint density at radius 2 is 1.93 bits per heavy atom. The van der Waals surface area contributed by atoms with E-state index in [0.29, 0.717) is 0 Å². The van der Waals surface area contributed by atoms with Crippen LogP contribution >= 0.6 is 0 Å². The number of rotatable bonds is 2. The minimum Gasteiger partial charge on any atom is -0.391 e. The average Bonchev–Trinajstić information content (AvgIpc) is 2.27. The lowest BCUT2D eigenvalue weighted by atomic mass is 10.1. The summed E-state index contributed by atoms with van der Waals surface area (Å²) in [6.07, 6.45) is -0.585. The van der Waals surface area contributed by atoms with Gasteiger partial charge in [-0.25, -0.2) is 0 Å². The summed E-state index contributed by atoms with van der Waals surface area (Å²) in [5.41, 5.74) is 7.45. The van der Waals surface area contributed by atoms with Crippen LogP contribution in [0, 0.1) is 0 Å². The van der Waals surface area contributed by atoms with Crippen LogP contribution in [0.25, 0.3) is 10.9 Å². The number of aromatic nitrogens is 1. The van der Waals surface area contributed by atoms with E-state index in [4.69, 9.17) is 5.73 Å². The molecule has 0 aliphatic heterocycles. The van der Waals surface area contributed by atoms with Crippen molar-refractivity contribution in [1.29, 1.82) is 0 Å². The number of hydrogen-bond donors (Lipinski definition) is 2. The smallest absolute Gasteiger partial charge is 0.0731 e. The van der Waals surface area contributed by atoms with Crippen molar-refractivity contribution in [2.75, 3.05) is 0 Å². The summed E-state index contributed by atoms with van der Waals surface area (Å²) in [6, 6.07) is 11.3. The predicted molar refractivity (Wildman–Crippen MR) is 60.4 cm³/mol. The van der Waals surface area contributed by atoms with Crippen LogP contribution in [0.5, 0.6) is 0 Å². The van der Waals surface area contributed by atoms with E-state index in [1.807, 2.05) is 36.4 Å². The fourth-order valence-electron chi connectivity index (χ4n) is 1.51. The Bertz CT molecular complexity index is 468. The molecule has 0 saturated heterocycles. The largest absolute Gasteiger partial charge is 0.391 e. The molecule has 15 heavy (non-hydrogen) atoms. The summed E-state index contributed by atoms with van der Waals surface area (Å²) >= 11 is 0. The standard InChI is InChI=1S/C12H14N2O/c1-8(15)12(13)11-7-6-9-4-2-3-5-10(9)14-11/h2-8,12,15H,13H2,1H3/t8?,12-/m0/s1. The Morgan fingerprint density at radius 1 is 1.20 bits per heavy atom. The highest BCUT2D eigenvalue weighted by Gasteiger charge is 2.13. The number of benzene rings is 1. The van der Waals surface area contributed by atoms with Gasteiger partial charge in [0.05, 0.1) is 23.4 Å². The van der Waals surface area contributed by atoms with Gasteiger partial charge in [0.1, 0.15) is 0 Å². The van der Waals surface area contributed by atoms with Gasteiger partial charge in [0.25, 0.3) is 0 Å². The van der Waals surface area contributed by atoms with Gasteiger partial charge in [-0.1, -0.05) is 24.3 Å². The number of para-hydroxylation sites is 1. The molecular formula is C12H14N2O. The maximum Gasteiger partial charge on any atom is 0.0731 e. The first-order valence-corrected chi connectivity index (χ1v) is 4.98. The third-order valence-electron chi connectivity index (χ3n) is 2.48. The predicted octanol–water partition coefficient (Wildman–Crippen LogP) is 1.62. The van der Waals surface area contributed by atoms with E-state index in [2.05, 4.69) is 4.98 Å². The quantitative estimate of drug-likeness (QED) is 0.778. The molecule has 0 amide bonds. The molecule has 0 radical (unpaired) electrons. The molecule has 0 spiro atoms. The zero-order chi connectivity index (χ0) is 10.8. The number of pyridine rings is 1. The summed E-state index contributed by atoms with van der Waals surface area (Å²) in [4.78, 5) is 4.41. The second-order valence-electron chi connectivity index (χ2n) is 3.70. The molecule has 1 unspecified atom stereocenters. The SMILES string of the molecule is CC(O)[C@H](N)c1ccc2ccccc2n1. The third-order valence-corrected chi connectivity index (χ3v) is 2.48. The van der Waals surface area contributed by atoms with Gasteiger partial charge in [0, 0.05) is 5.39 Å². The molecular weight excluding hydrogens is 188 g/mol. The minimum atomic E-state index is -0.585. The molecule has 0 saturated carbocycles. The monoisotopic (exact) mass is 202 g/mol. The summed E-state index contributed by atoms with van der Waals surface area (Å²) in [7, 11) is 0. The first-order chi connectivity index (χ1) is 7.18. The van der Waals surface area contributed by atoms with Crippen LogP contribution < -0.4 is 5.73 Å². The van der Waals surface area contributed by atoms with Gasteiger partial charge >= 0.3 is 0 Å². The van der Waals surface area contributed by atoms with Crippen molar-refractivity contribution in [2.24, 2.45) is 5.73 Å². The summed E-state index contributed by atoms with van der Waals surface area (Å²) in [5, 5.41) is 10.5. The first-order valence-electron chi connectivity index (χ1n) is 4.98. The van der Waals surface area contributed by atoms with Crippen LogP contribution in [0.4, 0.5) is 0 Å². The first kappa shape index (κ1) is 10.1. The van der Waals surface area contributed by atoms with E-state index in [0.717, 1.165) is 16.6 Å². The Hall–Kier alpha value is -1.45. The maximum absolute atomic E-state index is 9.38. The van der Waals surface area contributed by atoms with E-state index in [1.54, 1.807) is 6.92 Å². The summed E-state index contributed by atoms with van der Waals surface area (Å²) < 4.78 is 0. The number of nitrogens with zero attached hydrogens (tertiary/aromatic N) is 1. The molecule has 78 valence electrons. The Morgan fingerprint density at radius 3 is 2.67 bits per heavy atom. The lowest BCUT2D eigenvalue weighted by molar-refractivity contribution is 0.162. The van der Waals surface area contributed by atoms with Crippen LogP contribution in [0.1, 0.15) is 18.7 Å². The minimum absolute atomic E-state index is 0.422. The topological polar surface area (TPSA) is 59.1 Å². The van der Waals surface area contributed by atoms with Crippen molar-refractivity contribution < 1.29 is 5.11 Å². The van der Waals surface area contributed by atoms with E-state index in [9.17, 15) is 5.11 Å². The molecule has 3 N–H and O–H groups in total. The van der Waals surface area contributed by atoms with Gasteiger partial charge < -0.3 is 10.8 Å². The van der Waals surface area contributed by atoms with E-state index in [-0.39, 0.29) is 0 Å². The molecule has 2 rings (SSSR count). The zero-order valence-corrected chi connectivity index (χ0v) is 8.59. The summed E-state index contributed by atoms with van der Waals surface area (Å²) in [6.45, 7) is 1.67. The Labute approximate surface area is 88.6 Å². The van der Waals surface area contributed by atoms with Gasteiger partial charge in [-0.2, -0.15) is 0 Å². The highest BCUT2D eigenvalue weighted by atomic mass is 16.3. The van der Waals surface area contributed by atoms with Crippen molar-refractivity contribution in [2.45, 2.75) is 19.1 Å². The summed E-state index contributed by atoms with van der Waals surface area (Å²) in [5.74, 6) is 0. The number of aliphatic hydroxyl groups is 1. The molecule has 0 aliphatic carbocycles. The Kier molecular flexibility index (Phi) is 2.66. The van der Waals surface area contributed by atoms with Crippen LogP contribution in [-0.2, 0) is 0 Å². The number of aliphatic hydroxyl groups excluding tert-OH is 1. The van der Waals surface area contributed by atoms with Crippen LogP contribution in [0.3, 0.4) is 0 Å². The van der Waals surface area contributed by atoms with Gasteiger partial charge in [-0.15, -0.1) is 0 Å². The van der Waals surface area contributed by atoms with Gasteiger partial charge in [0.2, 0.25) is 0 Å². The molecule has 2 aromatic rings. The third kappa shape index (κ3) is 1.98. The molecule has 2 atom stereocenters. The van der Waals surface area contributed by atoms with Crippen LogP contribution in [-0.4, -0.2) is 16.2 Å². The number of hydrogen-bond acceptors (Lipinski definition) is 3. The van der Waals surface area contributed by atoms with E-state index < -0.39 is 12.1 Å². The molecule has 1 aromatic heterocycles. The normalized spacial score (nSPS) is 15.1. The number of fused-ring (bicyclic) bond motifs is 1. The van der Waals surface area contributed by atoms with E-state index in [1.165, 1.54) is 0 Å². The second-order valence-corrected chi connectivity index (χ2v) is 3.70. The van der Waals surface area contributed by atoms with Crippen molar-refractivity contribution in [3.63, 3.8) is 0 Å². The van der Waals surface area contributed by atoms with Gasteiger partial charge in [0.15, 0.2) is 0 Å². The fourth-order valence-corrected chi connectivity index (χ4v) is 1.51. The van der Waals surface area contributed by atoms with Gasteiger partial charge in [-0.3, -0.25) is 4.98 Å². The fraction of sp³-hybridized carbons (Fsp3) is 0.250. The average molecular weight is 202 g/mol. The highest BCUT2D eigenvalue weighted by molar-refractivity contribution is 5.78. The van der Waals surface area contributed by atoms with Gasteiger partial charge in [-0.05, 0) is 19.1 Å². The van der Waals surface area contributed by atoms with Crippen LogP contribution in [0.2, 0.25) is 0 Å². The number of nitrogens with two attached hydrogens (primary N) is 1. The molecule has 1 aromatic carbocycles. The molecule has 0 fully saturated rings. The van der Waals surface area contributed by atoms with Crippen molar-refractivity contribution >= 4 is 10.9 Å². The molecule has 0 bridgehead atoms. The maximum atomic E-state index is 9.38. The second kappa shape index (κ2) is 3.96. The van der Waals surface area contributed by atoms with E-state index >= 15 is 0 Å². The highest BCUT2D eigenvalue weighted by Crippen LogP contribution is 2.17. The zero-order valence-electron chi connectivity index (χ0n) is 8.59. The molecule has 3 nitrogen and oxygen atoms in total. The van der Waals surface area contributed by atoms with Crippen molar-refractivity contribution in [3.8, 4) is 0 Å². The molecule has 1 heterocycles.